The third-order valence-corrected chi connectivity index (χ3v) is 2.26. The van der Waals surface area contributed by atoms with Gasteiger partial charge < -0.3 is 10.7 Å². The zero-order valence-corrected chi connectivity index (χ0v) is 8.95. The number of hydrogen-bond donors (Lipinski definition) is 2. The van der Waals surface area contributed by atoms with Crippen molar-refractivity contribution in [1.29, 1.82) is 0 Å². The van der Waals surface area contributed by atoms with Crippen molar-refractivity contribution in [2.24, 2.45) is 5.73 Å². The van der Waals surface area contributed by atoms with Crippen LogP contribution in [-0.4, -0.2) is 15.0 Å². The number of hydrogen-bond acceptors (Lipinski definition) is 3. The van der Waals surface area contributed by atoms with E-state index in [1.807, 2.05) is 6.07 Å². The Labute approximate surface area is 89.7 Å². The molecule has 72 valence electrons. The van der Waals surface area contributed by atoms with Crippen LogP contribution >= 0.6 is 15.9 Å². The number of halogens is 1. The van der Waals surface area contributed by atoms with Gasteiger partial charge in [0.2, 0.25) is 0 Å². The molecule has 2 rings (SSSR count). The Bertz CT molecular complexity index is 438. The first-order valence-corrected chi connectivity index (χ1v) is 4.94. The molecule has 2 aromatic heterocycles. The third kappa shape index (κ3) is 1.83. The van der Waals surface area contributed by atoms with E-state index < -0.39 is 0 Å². The molecule has 2 heterocycles. The highest BCUT2D eigenvalue weighted by Crippen LogP contribution is 2.18. The predicted molar refractivity (Wildman–Crippen MR) is 57.4 cm³/mol. The lowest BCUT2D eigenvalue weighted by atomic mass is 10.3. The van der Waals surface area contributed by atoms with Gasteiger partial charge in [-0.2, -0.15) is 0 Å². The van der Waals surface area contributed by atoms with Crippen LogP contribution in [0, 0.1) is 0 Å². The molecule has 0 bridgehead atoms. The molecule has 0 aliphatic rings. The predicted octanol–water partition coefficient (Wildman–Crippen LogP) is 1.69. The zero-order chi connectivity index (χ0) is 9.97. The molecule has 0 aliphatic heterocycles. The van der Waals surface area contributed by atoms with Crippen molar-refractivity contribution in [3.8, 4) is 11.4 Å². The highest BCUT2D eigenvalue weighted by atomic mass is 79.9. The number of aromatic amines is 1. The van der Waals surface area contributed by atoms with E-state index in [1.165, 1.54) is 0 Å². The Balaban J connectivity index is 2.39. The average molecular weight is 253 g/mol. The molecular formula is C9H9BrN4. The molecule has 5 heteroatoms. The first-order valence-electron chi connectivity index (χ1n) is 4.14. The molecule has 3 N–H and O–H groups in total. The van der Waals surface area contributed by atoms with Crippen LogP contribution < -0.4 is 5.73 Å². The number of rotatable bonds is 2. The molecule has 0 amide bonds. The maximum Gasteiger partial charge on any atom is 0.139 e. The number of pyridine rings is 1. The second-order valence-corrected chi connectivity index (χ2v) is 3.77. The van der Waals surface area contributed by atoms with Gasteiger partial charge in [-0.25, -0.2) is 4.98 Å². The van der Waals surface area contributed by atoms with Crippen LogP contribution in [0.1, 0.15) is 5.69 Å². The fraction of sp³-hybridized carbons (Fsp3) is 0.111. The average Bonchev–Trinajstić information content (AvgIpc) is 2.66. The molecule has 0 saturated carbocycles. The second-order valence-electron chi connectivity index (χ2n) is 2.85. The molecule has 2 aromatic rings. The summed E-state index contributed by atoms with van der Waals surface area (Å²) in [6, 6.07) is 1.95. The van der Waals surface area contributed by atoms with E-state index in [4.69, 9.17) is 5.73 Å². The summed E-state index contributed by atoms with van der Waals surface area (Å²) in [6.45, 7) is 0.467. The van der Waals surface area contributed by atoms with E-state index in [0.29, 0.717) is 6.54 Å². The van der Waals surface area contributed by atoms with Crippen LogP contribution in [-0.2, 0) is 6.54 Å². The summed E-state index contributed by atoms with van der Waals surface area (Å²) in [5, 5.41) is 0. The van der Waals surface area contributed by atoms with Crippen LogP contribution in [0.25, 0.3) is 11.4 Å². The molecule has 0 radical (unpaired) electrons. The molecule has 0 fully saturated rings. The molecule has 0 aliphatic carbocycles. The number of nitrogens with two attached hydrogens (primary N) is 1. The summed E-state index contributed by atoms with van der Waals surface area (Å²) in [5.41, 5.74) is 7.34. The Morgan fingerprint density at radius 3 is 2.86 bits per heavy atom. The first kappa shape index (κ1) is 9.36. The molecule has 14 heavy (non-hydrogen) atoms. The summed E-state index contributed by atoms with van der Waals surface area (Å²) in [5.74, 6) is 0.791. The summed E-state index contributed by atoms with van der Waals surface area (Å²) in [4.78, 5) is 11.4. The van der Waals surface area contributed by atoms with Crippen LogP contribution in [0.2, 0.25) is 0 Å². The van der Waals surface area contributed by atoms with Crippen molar-refractivity contribution in [3.63, 3.8) is 0 Å². The summed E-state index contributed by atoms with van der Waals surface area (Å²) in [7, 11) is 0. The lowest BCUT2D eigenvalue weighted by molar-refractivity contribution is 1.01. The van der Waals surface area contributed by atoms with Crippen molar-refractivity contribution >= 4 is 15.9 Å². The van der Waals surface area contributed by atoms with Gasteiger partial charge >= 0.3 is 0 Å². The zero-order valence-electron chi connectivity index (χ0n) is 7.37. The van der Waals surface area contributed by atoms with Gasteiger partial charge in [0.15, 0.2) is 0 Å². The van der Waals surface area contributed by atoms with Crippen molar-refractivity contribution in [2.75, 3.05) is 0 Å². The van der Waals surface area contributed by atoms with Crippen LogP contribution in [0.15, 0.2) is 29.1 Å². The van der Waals surface area contributed by atoms with Crippen molar-refractivity contribution < 1.29 is 0 Å². The van der Waals surface area contributed by atoms with Gasteiger partial charge in [0, 0.05) is 40.9 Å². The second kappa shape index (κ2) is 3.89. The number of aromatic nitrogens is 3. The maximum absolute atomic E-state index is 5.47. The first-order chi connectivity index (χ1) is 6.79. The number of H-pyrrole nitrogens is 1. The normalized spacial score (nSPS) is 10.4. The topological polar surface area (TPSA) is 67.6 Å². The molecule has 4 nitrogen and oxygen atoms in total. The number of nitrogens with one attached hydrogen (secondary N) is 1. The van der Waals surface area contributed by atoms with Crippen molar-refractivity contribution in [3.05, 3.63) is 34.8 Å². The maximum atomic E-state index is 5.47. The monoisotopic (exact) mass is 252 g/mol. The van der Waals surface area contributed by atoms with E-state index in [1.54, 1.807) is 18.6 Å². The molecule has 0 spiro atoms. The number of nitrogens with zero attached hydrogens (tertiary/aromatic N) is 2. The van der Waals surface area contributed by atoms with E-state index in [-0.39, 0.29) is 0 Å². The smallest absolute Gasteiger partial charge is 0.139 e. The fourth-order valence-electron chi connectivity index (χ4n) is 1.15. The lowest BCUT2D eigenvalue weighted by Crippen LogP contribution is -1.95. The highest BCUT2D eigenvalue weighted by molar-refractivity contribution is 9.10. The molecule has 0 atom stereocenters. The SMILES string of the molecule is NCc1cnc(-c2cncc(Br)c2)[nH]1. The largest absolute Gasteiger partial charge is 0.341 e. The number of imidazole rings is 1. The quantitative estimate of drug-likeness (QED) is 0.855. The summed E-state index contributed by atoms with van der Waals surface area (Å²) < 4.78 is 0.931. The van der Waals surface area contributed by atoms with Crippen LogP contribution in [0.3, 0.4) is 0 Å². The van der Waals surface area contributed by atoms with E-state index >= 15 is 0 Å². The van der Waals surface area contributed by atoms with Gasteiger partial charge in [-0.15, -0.1) is 0 Å². The van der Waals surface area contributed by atoms with Crippen molar-refractivity contribution in [1.82, 2.24) is 15.0 Å². The Kier molecular flexibility index (Phi) is 2.60. The molecular weight excluding hydrogens is 244 g/mol. The van der Waals surface area contributed by atoms with Gasteiger partial charge in [0.25, 0.3) is 0 Å². The Hall–Kier alpha value is -1.20. The standard InChI is InChI=1S/C9H9BrN4/c10-7-1-6(3-12-4-7)9-13-5-8(2-11)14-9/h1,3-5H,2,11H2,(H,13,14). The molecule has 0 saturated heterocycles. The summed E-state index contributed by atoms with van der Waals surface area (Å²) in [6.07, 6.45) is 5.22. The van der Waals surface area contributed by atoms with Crippen LogP contribution in [0.5, 0.6) is 0 Å². The van der Waals surface area contributed by atoms with E-state index in [9.17, 15) is 0 Å². The fourth-order valence-corrected chi connectivity index (χ4v) is 1.52. The molecule has 0 unspecified atom stereocenters. The minimum absolute atomic E-state index is 0.467. The van der Waals surface area contributed by atoms with Gasteiger partial charge in [0.05, 0.1) is 0 Å². The lowest BCUT2D eigenvalue weighted by Gasteiger charge is -1.96. The van der Waals surface area contributed by atoms with Gasteiger partial charge in [0.1, 0.15) is 5.82 Å². The Morgan fingerprint density at radius 2 is 2.21 bits per heavy atom. The summed E-state index contributed by atoms with van der Waals surface area (Å²) >= 11 is 3.35. The van der Waals surface area contributed by atoms with Gasteiger partial charge in [-0.3, -0.25) is 4.98 Å². The van der Waals surface area contributed by atoms with Gasteiger partial charge in [-0.05, 0) is 22.0 Å². The van der Waals surface area contributed by atoms with Crippen molar-refractivity contribution in [2.45, 2.75) is 6.54 Å². The van der Waals surface area contributed by atoms with E-state index in [2.05, 4.69) is 30.9 Å². The highest BCUT2D eigenvalue weighted by Gasteiger charge is 2.02. The minimum atomic E-state index is 0.467. The van der Waals surface area contributed by atoms with Gasteiger partial charge in [-0.1, -0.05) is 0 Å². The third-order valence-electron chi connectivity index (χ3n) is 1.83. The van der Waals surface area contributed by atoms with Crippen LogP contribution in [0.4, 0.5) is 0 Å². The molecule has 0 aromatic carbocycles. The minimum Gasteiger partial charge on any atom is -0.341 e. The van der Waals surface area contributed by atoms with E-state index in [0.717, 1.165) is 21.6 Å². The Morgan fingerprint density at radius 1 is 1.36 bits per heavy atom.